The molecule has 2 heterocycles. The molecule has 22 heavy (non-hydrogen) atoms. The minimum atomic E-state index is -0.961. The molecule has 3 nitrogen and oxygen atoms in total. The molecule has 4 atom stereocenters. The number of aryl methyl sites for hydroxylation is 1. The molecule has 0 saturated carbocycles. The second-order valence-electron chi connectivity index (χ2n) is 7.72. The van der Waals surface area contributed by atoms with E-state index in [1.54, 1.807) is 0 Å². The van der Waals surface area contributed by atoms with Crippen molar-refractivity contribution in [3.8, 4) is 0 Å². The van der Waals surface area contributed by atoms with Crippen LogP contribution >= 0.6 is 0 Å². The van der Waals surface area contributed by atoms with Crippen molar-refractivity contribution in [1.82, 2.24) is 0 Å². The molecule has 122 valence electrons. The van der Waals surface area contributed by atoms with Gasteiger partial charge in [0.05, 0.1) is 12.2 Å². The first-order valence-corrected chi connectivity index (χ1v) is 8.31. The molecule has 0 radical (unpaired) electrons. The van der Waals surface area contributed by atoms with Crippen LogP contribution < -0.4 is 0 Å². The number of ether oxygens (including phenoxy) is 2. The standard InChI is InChI=1S/C19H28O3/c1-13(2)19-11-10-17(4,22-19)16(18(19,5)20)21-12-15-9-7-6-8-14(15)3/h6-9,13,16,20H,10-12H2,1-5H3/t16-,17-,18?,19-/m0/s1. The molecule has 2 bridgehead atoms. The SMILES string of the molecule is Cc1ccccc1CO[C@@H]1C(C)(O)[C@@]2(C(C)C)CC[C@]1(C)O2. The third kappa shape index (κ3) is 2.06. The van der Waals surface area contributed by atoms with Crippen molar-refractivity contribution >= 4 is 0 Å². The third-order valence-electron chi connectivity index (χ3n) is 5.93. The van der Waals surface area contributed by atoms with Gasteiger partial charge in [-0.1, -0.05) is 38.1 Å². The minimum absolute atomic E-state index is 0.261. The Balaban J connectivity index is 1.84. The van der Waals surface area contributed by atoms with Crippen molar-refractivity contribution in [2.45, 2.75) is 77.0 Å². The number of benzene rings is 1. The molecule has 0 aliphatic carbocycles. The molecular weight excluding hydrogens is 276 g/mol. The van der Waals surface area contributed by atoms with E-state index in [0.29, 0.717) is 6.61 Å². The van der Waals surface area contributed by atoms with Crippen LogP contribution in [0.4, 0.5) is 0 Å². The maximum Gasteiger partial charge on any atom is 0.120 e. The predicted molar refractivity (Wildman–Crippen MR) is 86.7 cm³/mol. The smallest absolute Gasteiger partial charge is 0.120 e. The summed E-state index contributed by atoms with van der Waals surface area (Å²) in [4.78, 5) is 0. The Morgan fingerprint density at radius 3 is 2.55 bits per heavy atom. The van der Waals surface area contributed by atoms with Gasteiger partial charge in [-0.15, -0.1) is 0 Å². The molecule has 3 heteroatoms. The monoisotopic (exact) mass is 304 g/mol. The third-order valence-corrected chi connectivity index (χ3v) is 5.93. The van der Waals surface area contributed by atoms with Crippen molar-refractivity contribution in [3.63, 3.8) is 0 Å². The van der Waals surface area contributed by atoms with Gasteiger partial charge >= 0.3 is 0 Å². The van der Waals surface area contributed by atoms with E-state index < -0.39 is 16.8 Å². The number of hydrogen-bond acceptors (Lipinski definition) is 3. The lowest BCUT2D eigenvalue weighted by molar-refractivity contribution is -0.160. The Morgan fingerprint density at radius 1 is 1.27 bits per heavy atom. The lowest BCUT2D eigenvalue weighted by atomic mass is 9.66. The zero-order valence-corrected chi connectivity index (χ0v) is 14.3. The predicted octanol–water partition coefficient (Wildman–Crippen LogP) is 3.61. The fraction of sp³-hybridized carbons (Fsp3) is 0.684. The van der Waals surface area contributed by atoms with E-state index in [1.807, 2.05) is 19.1 Å². The molecule has 2 aliphatic heterocycles. The maximum atomic E-state index is 11.2. The fourth-order valence-corrected chi connectivity index (χ4v) is 4.58. The fourth-order valence-electron chi connectivity index (χ4n) is 4.58. The molecule has 0 amide bonds. The Bertz CT molecular complexity index is 566. The highest BCUT2D eigenvalue weighted by molar-refractivity contribution is 5.26. The lowest BCUT2D eigenvalue weighted by Gasteiger charge is -2.45. The van der Waals surface area contributed by atoms with E-state index in [2.05, 4.69) is 39.8 Å². The second-order valence-corrected chi connectivity index (χ2v) is 7.72. The minimum Gasteiger partial charge on any atom is -0.384 e. The van der Waals surface area contributed by atoms with Gasteiger partial charge in [-0.05, 0) is 50.7 Å². The summed E-state index contributed by atoms with van der Waals surface area (Å²) in [7, 11) is 0. The van der Waals surface area contributed by atoms with Crippen molar-refractivity contribution in [1.29, 1.82) is 0 Å². The molecule has 2 saturated heterocycles. The van der Waals surface area contributed by atoms with Crippen molar-refractivity contribution in [2.24, 2.45) is 5.92 Å². The zero-order valence-electron chi connectivity index (χ0n) is 14.3. The Kier molecular flexibility index (Phi) is 3.67. The Hall–Kier alpha value is -0.900. The van der Waals surface area contributed by atoms with E-state index in [1.165, 1.54) is 11.1 Å². The highest BCUT2D eigenvalue weighted by Gasteiger charge is 2.72. The van der Waals surface area contributed by atoms with Crippen LogP contribution in [0.15, 0.2) is 24.3 Å². The van der Waals surface area contributed by atoms with Crippen molar-refractivity contribution in [2.75, 3.05) is 0 Å². The molecule has 1 aromatic rings. The van der Waals surface area contributed by atoms with Gasteiger partial charge in [-0.2, -0.15) is 0 Å². The van der Waals surface area contributed by atoms with Gasteiger partial charge in [0.15, 0.2) is 0 Å². The number of hydrogen-bond donors (Lipinski definition) is 1. The van der Waals surface area contributed by atoms with E-state index in [-0.39, 0.29) is 12.0 Å². The molecular formula is C19H28O3. The largest absolute Gasteiger partial charge is 0.384 e. The maximum absolute atomic E-state index is 11.2. The summed E-state index contributed by atoms with van der Waals surface area (Å²) in [6.45, 7) is 10.8. The molecule has 0 spiro atoms. The van der Waals surface area contributed by atoms with Crippen LogP contribution in [0.5, 0.6) is 0 Å². The van der Waals surface area contributed by atoms with Crippen molar-refractivity contribution < 1.29 is 14.6 Å². The highest BCUT2D eigenvalue weighted by atomic mass is 16.6. The number of aliphatic hydroxyl groups is 1. The number of fused-ring (bicyclic) bond motifs is 2. The van der Waals surface area contributed by atoms with E-state index in [9.17, 15) is 5.11 Å². The molecule has 1 N–H and O–H groups in total. The average molecular weight is 304 g/mol. The van der Waals surface area contributed by atoms with Gasteiger partial charge in [-0.3, -0.25) is 0 Å². The van der Waals surface area contributed by atoms with Crippen LogP contribution in [0.1, 0.15) is 51.7 Å². The summed E-state index contributed by atoms with van der Waals surface area (Å²) < 4.78 is 12.6. The van der Waals surface area contributed by atoms with Gasteiger partial charge in [0.1, 0.15) is 17.3 Å². The Labute approximate surface area is 133 Å². The first-order valence-electron chi connectivity index (χ1n) is 8.31. The highest BCUT2D eigenvalue weighted by Crippen LogP contribution is 2.60. The summed E-state index contributed by atoms with van der Waals surface area (Å²) in [5.74, 6) is 0.261. The van der Waals surface area contributed by atoms with E-state index in [0.717, 1.165) is 12.8 Å². The normalized spacial score (nSPS) is 40.6. The molecule has 2 fully saturated rings. The van der Waals surface area contributed by atoms with Crippen molar-refractivity contribution in [3.05, 3.63) is 35.4 Å². The molecule has 2 aliphatic rings. The van der Waals surface area contributed by atoms with E-state index >= 15 is 0 Å². The van der Waals surface area contributed by atoms with Gasteiger partial charge < -0.3 is 14.6 Å². The molecule has 3 rings (SSSR count). The summed E-state index contributed by atoms with van der Waals surface area (Å²) in [6.07, 6.45) is 1.55. The first-order chi connectivity index (χ1) is 10.2. The topological polar surface area (TPSA) is 38.7 Å². The number of rotatable bonds is 4. The van der Waals surface area contributed by atoms with Crippen LogP contribution in [-0.2, 0) is 16.1 Å². The molecule has 0 aromatic heterocycles. The average Bonchev–Trinajstić information content (AvgIpc) is 2.88. The molecule has 1 unspecified atom stereocenters. The summed E-state index contributed by atoms with van der Waals surface area (Å²) in [6, 6.07) is 8.23. The van der Waals surface area contributed by atoms with Gasteiger partial charge in [-0.25, -0.2) is 0 Å². The zero-order chi connectivity index (χ0) is 16.2. The van der Waals surface area contributed by atoms with Crippen LogP contribution in [0.2, 0.25) is 0 Å². The van der Waals surface area contributed by atoms with Gasteiger partial charge in [0.25, 0.3) is 0 Å². The van der Waals surface area contributed by atoms with E-state index in [4.69, 9.17) is 9.47 Å². The summed E-state index contributed by atoms with van der Waals surface area (Å²) in [5, 5.41) is 11.2. The summed E-state index contributed by atoms with van der Waals surface area (Å²) in [5.41, 5.74) is 0.545. The lowest BCUT2D eigenvalue weighted by Crippen LogP contribution is -2.60. The van der Waals surface area contributed by atoms with Gasteiger partial charge in [0, 0.05) is 0 Å². The first kappa shape index (κ1) is 16.0. The van der Waals surface area contributed by atoms with Crippen LogP contribution in [-0.4, -0.2) is 28.0 Å². The van der Waals surface area contributed by atoms with Crippen LogP contribution in [0, 0.1) is 12.8 Å². The molecule has 1 aromatic carbocycles. The van der Waals surface area contributed by atoms with Gasteiger partial charge in [0.2, 0.25) is 0 Å². The Morgan fingerprint density at radius 2 is 1.95 bits per heavy atom. The van der Waals surface area contributed by atoms with Crippen LogP contribution in [0.25, 0.3) is 0 Å². The quantitative estimate of drug-likeness (QED) is 0.923. The second kappa shape index (κ2) is 5.05. The summed E-state index contributed by atoms with van der Waals surface area (Å²) >= 11 is 0. The van der Waals surface area contributed by atoms with Crippen LogP contribution in [0.3, 0.4) is 0 Å².